The van der Waals surface area contributed by atoms with Crippen LogP contribution in [0.15, 0.2) is 24.3 Å². The van der Waals surface area contributed by atoms with E-state index >= 15 is 0 Å². The van der Waals surface area contributed by atoms with Gasteiger partial charge in [-0.1, -0.05) is 6.42 Å². The van der Waals surface area contributed by atoms with E-state index in [0.29, 0.717) is 6.04 Å². The van der Waals surface area contributed by atoms with Crippen LogP contribution in [0.25, 0.3) is 0 Å². The van der Waals surface area contributed by atoms with E-state index in [9.17, 15) is 0 Å². The Labute approximate surface area is 112 Å². The van der Waals surface area contributed by atoms with E-state index in [2.05, 4.69) is 64.1 Å². The van der Waals surface area contributed by atoms with Crippen molar-refractivity contribution in [2.75, 3.05) is 25.5 Å². The van der Waals surface area contributed by atoms with Gasteiger partial charge < -0.3 is 10.2 Å². The molecule has 1 aliphatic rings. The Balaban J connectivity index is 1.84. The summed E-state index contributed by atoms with van der Waals surface area (Å²) < 4.78 is 1.29. The van der Waals surface area contributed by atoms with Gasteiger partial charge in [0.15, 0.2) is 0 Å². The van der Waals surface area contributed by atoms with Crippen molar-refractivity contribution < 1.29 is 0 Å². The van der Waals surface area contributed by atoms with Crippen LogP contribution in [0, 0.1) is 3.57 Å². The summed E-state index contributed by atoms with van der Waals surface area (Å²) in [5.41, 5.74) is 1.24. The van der Waals surface area contributed by atoms with Crippen LogP contribution in [0.4, 0.5) is 5.69 Å². The Hall–Kier alpha value is -0.290. The minimum absolute atomic E-state index is 0.702. The van der Waals surface area contributed by atoms with Crippen LogP contribution < -0.4 is 5.32 Å². The van der Waals surface area contributed by atoms with Gasteiger partial charge in [0.05, 0.1) is 0 Å². The normalized spacial score (nSPS) is 22.0. The van der Waals surface area contributed by atoms with Crippen LogP contribution in [0.2, 0.25) is 0 Å². The maximum Gasteiger partial charge on any atom is 0.0341 e. The second-order valence-electron chi connectivity index (χ2n) is 4.52. The molecule has 16 heavy (non-hydrogen) atoms. The highest BCUT2D eigenvalue weighted by Gasteiger charge is 2.17. The number of piperidine rings is 1. The molecule has 1 aromatic rings. The molecule has 2 rings (SSSR count). The fourth-order valence-electron chi connectivity index (χ4n) is 2.21. The lowest BCUT2D eigenvalue weighted by atomic mass is 10.0. The minimum atomic E-state index is 0.702. The van der Waals surface area contributed by atoms with E-state index in [1.165, 1.54) is 35.1 Å². The van der Waals surface area contributed by atoms with Gasteiger partial charge in [0, 0.05) is 21.8 Å². The molecule has 0 saturated carbocycles. The van der Waals surface area contributed by atoms with Crippen molar-refractivity contribution >= 4 is 28.3 Å². The third-order valence-corrected chi connectivity index (χ3v) is 4.03. The van der Waals surface area contributed by atoms with Crippen molar-refractivity contribution in [3.8, 4) is 0 Å². The highest BCUT2D eigenvalue weighted by molar-refractivity contribution is 14.1. The first kappa shape index (κ1) is 12.2. The Morgan fingerprint density at radius 1 is 1.31 bits per heavy atom. The van der Waals surface area contributed by atoms with Gasteiger partial charge in [-0.3, -0.25) is 0 Å². The smallest absolute Gasteiger partial charge is 0.0341 e. The molecule has 0 spiro atoms. The first-order valence-electron chi connectivity index (χ1n) is 5.95. The van der Waals surface area contributed by atoms with Crippen molar-refractivity contribution in [3.63, 3.8) is 0 Å². The predicted molar refractivity (Wildman–Crippen MR) is 77.9 cm³/mol. The van der Waals surface area contributed by atoms with E-state index in [1.807, 2.05) is 0 Å². The molecule has 1 atom stereocenters. The molecule has 3 heteroatoms. The fourth-order valence-corrected chi connectivity index (χ4v) is 2.57. The lowest BCUT2D eigenvalue weighted by Gasteiger charge is -2.32. The summed E-state index contributed by atoms with van der Waals surface area (Å²) in [7, 11) is 2.24. The monoisotopic (exact) mass is 330 g/mol. The van der Waals surface area contributed by atoms with Crippen LogP contribution in [0.1, 0.15) is 19.3 Å². The quantitative estimate of drug-likeness (QED) is 0.857. The highest BCUT2D eigenvalue weighted by atomic mass is 127. The lowest BCUT2D eigenvalue weighted by Crippen LogP contribution is -2.40. The molecule has 0 aromatic heterocycles. The molecule has 1 aliphatic heterocycles. The van der Waals surface area contributed by atoms with Crippen molar-refractivity contribution in [2.45, 2.75) is 25.3 Å². The summed E-state index contributed by atoms with van der Waals surface area (Å²) in [6, 6.07) is 9.31. The van der Waals surface area contributed by atoms with Gasteiger partial charge in [-0.25, -0.2) is 0 Å². The summed E-state index contributed by atoms with van der Waals surface area (Å²) in [5.74, 6) is 0. The molecule has 0 aliphatic carbocycles. The summed E-state index contributed by atoms with van der Waals surface area (Å²) in [6.45, 7) is 2.32. The van der Waals surface area contributed by atoms with Gasteiger partial charge in [0.1, 0.15) is 0 Å². The number of halogens is 1. The lowest BCUT2D eigenvalue weighted by molar-refractivity contribution is 0.194. The third-order valence-electron chi connectivity index (χ3n) is 3.31. The summed E-state index contributed by atoms with van der Waals surface area (Å²) in [6.07, 6.45) is 4.06. The first-order valence-corrected chi connectivity index (χ1v) is 7.03. The number of benzene rings is 1. The molecule has 0 bridgehead atoms. The van der Waals surface area contributed by atoms with Crippen molar-refractivity contribution in [3.05, 3.63) is 27.8 Å². The van der Waals surface area contributed by atoms with Crippen LogP contribution in [-0.4, -0.2) is 31.1 Å². The molecule has 1 heterocycles. The van der Waals surface area contributed by atoms with E-state index in [4.69, 9.17) is 0 Å². The van der Waals surface area contributed by atoms with E-state index in [1.54, 1.807) is 0 Å². The maximum absolute atomic E-state index is 3.53. The number of nitrogens with one attached hydrogen (secondary N) is 1. The van der Waals surface area contributed by atoms with Gasteiger partial charge in [0.25, 0.3) is 0 Å². The molecule has 2 nitrogen and oxygen atoms in total. The molecule has 1 saturated heterocycles. The zero-order valence-electron chi connectivity index (χ0n) is 9.75. The topological polar surface area (TPSA) is 15.3 Å². The zero-order valence-corrected chi connectivity index (χ0v) is 11.9. The molecule has 0 amide bonds. The number of hydrogen-bond acceptors (Lipinski definition) is 2. The van der Waals surface area contributed by atoms with Crippen molar-refractivity contribution in [1.82, 2.24) is 4.90 Å². The summed E-state index contributed by atoms with van der Waals surface area (Å²) in [5, 5.41) is 3.53. The molecule has 88 valence electrons. The van der Waals surface area contributed by atoms with E-state index in [0.717, 1.165) is 6.54 Å². The van der Waals surface area contributed by atoms with Crippen LogP contribution in [0.5, 0.6) is 0 Å². The van der Waals surface area contributed by atoms with Crippen molar-refractivity contribution in [2.24, 2.45) is 0 Å². The van der Waals surface area contributed by atoms with Gasteiger partial charge >= 0.3 is 0 Å². The summed E-state index contributed by atoms with van der Waals surface area (Å²) in [4.78, 5) is 2.48. The average Bonchev–Trinajstić information content (AvgIpc) is 2.30. The van der Waals surface area contributed by atoms with Crippen LogP contribution >= 0.6 is 22.6 Å². The molecule has 1 aromatic carbocycles. The number of likely N-dealkylation sites (tertiary alicyclic amines) is 1. The van der Waals surface area contributed by atoms with Gasteiger partial charge in [0.2, 0.25) is 0 Å². The van der Waals surface area contributed by atoms with Gasteiger partial charge in [-0.05, 0) is 73.3 Å². The maximum atomic E-state index is 3.53. The molecular weight excluding hydrogens is 311 g/mol. The Kier molecular flexibility index (Phi) is 4.46. The van der Waals surface area contributed by atoms with Gasteiger partial charge in [-0.15, -0.1) is 0 Å². The average molecular weight is 330 g/mol. The zero-order chi connectivity index (χ0) is 11.4. The first-order chi connectivity index (χ1) is 7.75. The largest absolute Gasteiger partial charge is 0.383 e. The number of likely N-dealkylation sites (N-methyl/N-ethyl adjacent to an activating group) is 1. The van der Waals surface area contributed by atoms with E-state index in [-0.39, 0.29) is 0 Å². The van der Waals surface area contributed by atoms with E-state index < -0.39 is 0 Å². The third kappa shape index (κ3) is 3.35. The second kappa shape index (κ2) is 5.87. The second-order valence-corrected chi connectivity index (χ2v) is 5.76. The Morgan fingerprint density at radius 2 is 2.06 bits per heavy atom. The highest BCUT2D eigenvalue weighted by Crippen LogP contribution is 2.16. The summed E-state index contributed by atoms with van der Waals surface area (Å²) >= 11 is 2.34. The van der Waals surface area contributed by atoms with Crippen LogP contribution in [0.3, 0.4) is 0 Å². The minimum Gasteiger partial charge on any atom is -0.383 e. The Bertz CT molecular complexity index is 323. The number of anilines is 1. The fraction of sp³-hybridized carbons (Fsp3) is 0.538. The Morgan fingerprint density at radius 3 is 2.75 bits per heavy atom. The predicted octanol–water partition coefficient (Wildman–Crippen LogP) is 3.19. The SMILES string of the molecule is CN1CCCCC1CNc1ccc(I)cc1. The number of rotatable bonds is 3. The molecule has 1 fully saturated rings. The molecular formula is C13H19IN2. The standard InChI is InChI=1S/C13H19IN2/c1-16-9-3-2-4-13(16)10-15-12-7-5-11(14)6-8-12/h5-8,13,15H,2-4,9-10H2,1H3. The van der Waals surface area contributed by atoms with Gasteiger partial charge in [-0.2, -0.15) is 0 Å². The number of hydrogen-bond donors (Lipinski definition) is 1. The molecule has 1 unspecified atom stereocenters. The molecule has 1 N–H and O–H groups in total. The molecule has 0 radical (unpaired) electrons. The number of nitrogens with zero attached hydrogens (tertiary/aromatic N) is 1. The van der Waals surface area contributed by atoms with Crippen LogP contribution in [-0.2, 0) is 0 Å². The van der Waals surface area contributed by atoms with Crippen molar-refractivity contribution in [1.29, 1.82) is 0 Å².